The highest BCUT2D eigenvalue weighted by Gasteiger charge is 2.29. The molecule has 2 aromatic carbocycles. The van der Waals surface area contributed by atoms with Gasteiger partial charge in [-0.15, -0.1) is 0 Å². The number of halogens is 3. The zero-order valence-corrected chi connectivity index (χ0v) is 15.9. The molecule has 1 amide bonds. The van der Waals surface area contributed by atoms with E-state index in [0.29, 0.717) is 5.56 Å². The topological polar surface area (TPSA) is 47.9 Å². The van der Waals surface area contributed by atoms with Crippen molar-refractivity contribution in [3.05, 3.63) is 71.3 Å². The van der Waals surface area contributed by atoms with Crippen LogP contribution in [0.2, 0.25) is 0 Å². The Hall–Kier alpha value is -2.71. The fourth-order valence-electron chi connectivity index (χ4n) is 3.12. The van der Waals surface area contributed by atoms with Gasteiger partial charge in [-0.1, -0.05) is 42.5 Å². The van der Waals surface area contributed by atoms with Crippen LogP contribution in [0.1, 0.15) is 16.7 Å². The number of rotatable bonds is 6. The molecule has 29 heavy (non-hydrogen) atoms. The minimum atomic E-state index is -4.37. The Morgan fingerprint density at radius 3 is 2.21 bits per heavy atom. The molecule has 0 aromatic heterocycles. The van der Waals surface area contributed by atoms with Crippen LogP contribution in [0.25, 0.3) is 0 Å². The van der Waals surface area contributed by atoms with Gasteiger partial charge in [-0.3, -0.25) is 14.6 Å². The van der Waals surface area contributed by atoms with E-state index in [-0.39, 0.29) is 12.5 Å². The second kappa shape index (κ2) is 9.67. The van der Waals surface area contributed by atoms with E-state index in [1.54, 1.807) is 0 Å². The lowest BCUT2D eigenvalue weighted by Gasteiger charge is -2.34. The number of hydrogen-bond acceptors (Lipinski definition) is 4. The number of nitrogens with one attached hydrogen (secondary N) is 1. The van der Waals surface area contributed by atoms with Gasteiger partial charge >= 0.3 is 6.18 Å². The van der Waals surface area contributed by atoms with Crippen molar-refractivity contribution in [3.63, 3.8) is 0 Å². The Kier molecular flexibility index (Phi) is 7.00. The number of amides is 1. The van der Waals surface area contributed by atoms with Crippen LogP contribution >= 0.6 is 0 Å². The summed E-state index contributed by atoms with van der Waals surface area (Å²) >= 11 is 0. The van der Waals surface area contributed by atoms with Gasteiger partial charge in [0.15, 0.2) is 0 Å². The second-order valence-electron chi connectivity index (χ2n) is 6.95. The lowest BCUT2D eigenvalue weighted by atomic mass is 10.1. The SMILES string of the molecule is O=C(CN1CCN(Cc2ccccc2)CC1)NN=Cc1ccc(C(F)(F)F)cc1. The number of carbonyl (C=O) groups excluding carboxylic acids is 1. The van der Waals surface area contributed by atoms with Gasteiger partial charge < -0.3 is 0 Å². The molecule has 0 saturated carbocycles. The fourth-order valence-corrected chi connectivity index (χ4v) is 3.12. The fraction of sp³-hybridized carbons (Fsp3) is 0.333. The smallest absolute Gasteiger partial charge is 0.297 e. The number of piperazine rings is 1. The standard InChI is InChI=1S/C21H23F3N4O/c22-21(23,24)19-8-6-17(7-9-19)14-25-26-20(29)16-28-12-10-27(11-13-28)15-18-4-2-1-3-5-18/h1-9,14H,10-13,15-16H2,(H,26,29). The molecule has 1 heterocycles. The average molecular weight is 404 g/mol. The van der Waals surface area contributed by atoms with Crippen molar-refractivity contribution in [2.45, 2.75) is 12.7 Å². The van der Waals surface area contributed by atoms with Crippen molar-refractivity contribution < 1.29 is 18.0 Å². The summed E-state index contributed by atoms with van der Waals surface area (Å²) < 4.78 is 37.6. The third kappa shape index (κ3) is 6.69. The highest BCUT2D eigenvalue weighted by Crippen LogP contribution is 2.28. The van der Waals surface area contributed by atoms with Crippen LogP contribution < -0.4 is 5.43 Å². The van der Waals surface area contributed by atoms with E-state index in [0.717, 1.165) is 44.9 Å². The molecule has 154 valence electrons. The van der Waals surface area contributed by atoms with Crippen LogP contribution in [0.15, 0.2) is 59.7 Å². The summed E-state index contributed by atoms with van der Waals surface area (Å²) in [6.45, 7) is 4.50. The molecule has 0 spiro atoms. The van der Waals surface area contributed by atoms with Gasteiger partial charge in [0.2, 0.25) is 0 Å². The Morgan fingerprint density at radius 1 is 0.966 bits per heavy atom. The normalized spacial score (nSPS) is 16.2. The van der Waals surface area contributed by atoms with Crippen LogP contribution in [0.3, 0.4) is 0 Å². The van der Waals surface area contributed by atoms with Crippen molar-refractivity contribution in [2.24, 2.45) is 5.10 Å². The molecule has 0 radical (unpaired) electrons. The number of hydrazone groups is 1. The van der Waals surface area contributed by atoms with Gasteiger partial charge in [-0.25, -0.2) is 5.43 Å². The van der Waals surface area contributed by atoms with Crippen LogP contribution in [-0.4, -0.2) is 54.6 Å². The van der Waals surface area contributed by atoms with E-state index >= 15 is 0 Å². The summed E-state index contributed by atoms with van der Waals surface area (Å²) in [5.74, 6) is -0.246. The number of hydrogen-bond donors (Lipinski definition) is 1. The molecule has 0 atom stereocenters. The highest BCUT2D eigenvalue weighted by molar-refractivity contribution is 5.83. The molecule has 0 unspecified atom stereocenters. The maximum atomic E-state index is 12.5. The number of carbonyl (C=O) groups is 1. The summed E-state index contributed by atoms with van der Waals surface area (Å²) in [5.41, 5.74) is 3.46. The summed E-state index contributed by atoms with van der Waals surface area (Å²) in [7, 11) is 0. The summed E-state index contributed by atoms with van der Waals surface area (Å²) in [4.78, 5) is 16.4. The highest BCUT2D eigenvalue weighted by atomic mass is 19.4. The number of nitrogens with zero attached hydrogens (tertiary/aromatic N) is 3. The minimum Gasteiger partial charge on any atom is -0.297 e. The number of alkyl halides is 3. The van der Waals surface area contributed by atoms with E-state index in [4.69, 9.17) is 0 Å². The third-order valence-corrected chi connectivity index (χ3v) is 4.72. The van der Waals surface area contributed by atoms with E-state index in [9.17, 15) is 18.0 Å². The van der Waals surface area contributed by atoms with Gasteiger partial charge in [0, 0.05) is 32.7 Å². The Bertz CT molecular complexity index is 814. The molecule has 0 bridgehead atoms. The second-order valence-corrected chi connectivity index (χ2v) is 6.95. The van der Waals surface area contributed by atoms with Gasteiger partial charge in [-0.05, 0) is 23.3 Å². The summed E-state index contributed by atoms with van der Waals surface area (Å²) in [6.07, 6.45) is -3.04. The Morgan fingerprint density at radius 2 is 1.59 bits per heavy atom. The third-order valence-electron chi connectivity index (χ3n) is 4.72. The minimum absolute atomic E-state index is 0.240. The lowest BCUT2D eigenvalue weighted by Crippen LogP contribution is -2.48. The van der Waals surface area contributed by atoms with Crippen molar-refractivity contribution in [1.82, 2.24) is 15.2 Å². The van der Waals surface area contributed by atoms with Crippen molar-refractivity contribution >= 4 is 12.1 Å². The van der Waals surface area contributed by atoms with E-state index < -0.39 is 11.7 Å². The molecule has 1 saturated heterocycles. The molecule has 3 rings (SSSR count). The maximum absolute atomic E-state index is 12.5. The Balaban J connectivity index is 1.38. The van der Waals surface area contributed by atoms with E-state index in [1.165, 1.54) is 23.9 Å². The molecule has 1 aliphatic rings. The Labute approximate surface area is 167 Å². The molecule has 1 fully saturated rings. The first kappa shape index (κ1) is 21.0. The molecule has 8 heteroatoms. The molecule has 1 aliphatic heterocycles. The van der Waals surface area contributed by atoms with Crippen LogP contribution in [0.4, 0.5) is 13.2 Å². The molecule has 1 N–H and O–H groups in total. The van der Waals surface area contributed by atoms with Crippen LogP contribution in [0, 0.1) is 0 Å². The molecule has 5 nitrogen and oxygen atoms in total. The van der Waals surface area contributed by atoms with Gasteiger partial charge in [0.05, 0.1) is 18.3 Å². The predicted molar refractivity (Wildman–Crippen MR) is 105 cm³/mol. The first-order valence-corrected chi connectivity index (χ1v) is 9.38. The molecular weight excluding hydrogens is 381 g/mol. The largest absolute Gasteiger partial charge is 0.416 e. The van der Waals surface area contributed by atoms with Crippen molar-refractivity contribution in [1.29, 1.82) is 0 Å². The van der Waals surface area contributed by atoms with E-state index in [1.807, 2.05) is 18.2 Å². The average Bonchev–Trinajstić information content (AvgIpc) is 2.70. The lowest BCUT2D eigenvalue weighted by molar-refractivity contribution is -0.137. The summed E-state index contributed by atoms with van der Waals surface area (Å²) in [5, 5.41) is 3.83. The van der Waals surface area contributed by atoms with E-state index in [2.05, 4.69) is 32.5 Å². The van der Waals surface area contributed by atoms with Crippen molar-refractivity contribution in [3.8, 4) is 0 Å². The zero-order chi connectivity index (χ0) is 20.7. The van der Waals surface area contributed by atoms with Gasteiger partial charge in [0.1, 0.15) is 0 Å². The van der Waals surface area contributed by atoms with Gasteiger partial charge in [0.25, 0.3) is 5.91 Å². The summed E-state index contributed by atoms with van der Waals surface area (Å²) in [6, 6.07) is 14.9. The molecule has 2 aromatic rings. The monoisotopic (exact) mass is 404 g/mol. The van der Waals surface area contributed by atoms with Crippen LogP contribution in [-0.2, 0) is 17.5 Å². The molecule has 0 aliphatic carbocycles. The van der Waals surface area contributed by atoms with Crippen LogP contribution in [0.5, 0.6) is 0 Å². The number of benzene rings is 2. The first-order valence-electron chi connectivity index (χ1n) is 9.38. The molecular formula is C21H23F3N4O. The predicted octanol–water partition coefficient (Wildman–Crippen LogP) is 2.97. The van der Waals surface area contributed by atoms with Crippen molar-refractivity contribution in [2.75, 3.05) is 32.7 Å². The zero-order valence-electron chi connectivity index (χ0n) is 15.9. The quantitative estimate of drug-likeness (QED) is 0.595. The van der Waals surface area contributed by atoms with Gasteiger partial charge in [-0.2, -0.15) is 18.3 Å². The first-order chi connectivity index (χ1) is 13.9. The maximum Gasteiger partial charge on any atom is 0.416 e.